The molecule has 1 aliphatic carbocycles. The zero-order valence-corrected chi connectivity index (χ0v) is 17.9. The topological polar surface area (TPSA) is 71.1 Å². The number of carbonyl (C=O) groups excluding carboxylic acids is 2. The Morgan fingerprint density at radius 3 is 2.28 bits per heavy atom. The van der Waals surface area contributed by atoms with Gasteiger partial charge in [-0.05, 0) is 43.3 Å². The summed E-state index contributed by atoms with van der Waals surface area (Å²) in [5, 5.41) is 3.68. The smallest absolute Gasteiger partial charge is 0.339 e. The molecule has 0 atom stereocenters. The van der Waals surface area contributed by atoms with Gasteiger partial charge in [0.2, 0.25) is 0 Å². The van der Waals surface area contributed by atoms with Crippen molar-refractivity contribution < 1.29 is 19.1 Å². The Balaban J connectivity index is 1.66. The van der Waals surface area contributed by atoms with E-state index < -0.39 is 11.9 Å². The molecule has 2 fully saturated rings. The number of ether oxygens (including phenoxy) is 2. The second-order valence-corrected chi connectivity index (χ2v) is 7.88. The number of esters is 2. The Morgan fingerprint density at radius 1 is 1.00 bits per heavy atom. The highest BCUT2D eigenvalue weighted by Crippen LogP contribution is 2.24. The van der Waals surface area contributed by atoms with Crippen molar-refractivity contribution >= 4 is 35.0 Å². The Labute approximate surface area is 177 Å². The molecule has 1 N–H and O–H groups in total. The summed E-state index contributed by atoms with van der Waals surface area (Å²) in [5.74, 6) is -0.967. The Bertz CT molecular complexity index is 756. The number of thiocarbonyl (C=S) groups is 1. The number of anilines is 1. The van der Waals surface area contributed by atoms with Crippen LogP contribution in [0.3, 0.4) is 0 Å². The molecule has 1 saturated heterocycles. The average molecular weight is 420 g/mol. The fourth-order valence-electron chi connectivity index (χ4n) is 4.11. The van der Waals surface area contributed by atoms with E-state index >= 15 is 0 Å². The summed E-state index contributed by atoms with van der Waals surface area (Å²) in [6, 6.07) is 5.36. The lowest BCUT2D eigenvalue weighted by Crippen LogP contribution is -2.53. The molecule has 1 heterocycles. The Kier molecular flexibility index (Phi) is 7.44. The number of piperazine rings is 1. The van der Waals surface area contributed by atoms with E-state index in [2.05, 4.69) is 15.1 Å². The van der Waals surface area contributed by atoms with E-state index in [1.807, 2.05) is 0 Å². The SMILES string of the molecule is COC(=O)c1ccc(C(=O)OC)c(NC(=S)N2CCN(C3CCCCC3)CC2)c1. The third-order valence-corrected chi connectivity index (χ3v) is 6.14. The van der Waals surface area contributed by atoms with E-state index in [1.54, 1.807) is 12.1 Å². The van der Waals surface area contributed by atoms with E-state index in [0.717, 1.165) is 26.2 Å². The summed E-state index contributed by atoms with van der Waals surface area (Å²) >= 11 is 5.60. The van der Waals surface area contributed by atoms with Crippen molar-refractivity contribution in [2.45, 2.75) is 38.1 Å². The highest BCUT2D eigenvalue weighted by Gasteiger charge is 2.26. The fourth-order valence-corrected chi connectivity index (χ4v) is 4.40. The van der Waals surface area contributed by atoms with Crippen LogP contribution in [0.2, 0.25) is 0 Å². The average Bonchev–Trinajstić information content (AvgIpc) is 2.78. The first kappa shape index (κ1) is 21.5. The first-order valence-corrected chi connectivity index (χ1v) is 10.5. The molecular weight excluding hydrogens is 390 g/mol. The number of hydrogen-bond acceptors (Lipinski definition) is 6. The summed E-state index contributed by atoms with van der Waals surface area (Å²) in [7, 11) is 2.64. The third kappa shape index (κ3) is 5.25. The maximum Gasteiger partial charge on any atom is 0.339 e. The van der Waals surface area contributed by atoms with Crippen molar-refractivity contribution in [3.8, 4) is 0 Å². The van der Waals surface area contributed by atoms with E-state index in [0.29, 0.717) is 28.0 Å². The molecule has 2 aliphatic rings. The van der Waals surface area contributed by atoms with Crippen LogP contribution >= 0.6 is 12.2 Å². The Morgan fingerprint density at radius 2 is 1.66 bits per heavy atom. The van der Waals surface area contributed by atoms with Crippen molar-refractivity contribution in [3.05, 3.63) is 29.3 Å². The molecule has 29 heavy (non-hydrogen) atoms. The zero-order chi connectivity index (χ0) is 20.8. The molecule has 158 valence electrons. The largest absolute Gasteiger partial charge is 0.465 e. The lowest BCUT2D eigenvalue weighted by molar-refractivity contribution is 0.0587. The van der Waals surface area contributed by atoms with Crippen LogP contribution in [0.15, 0.2) is 18.2 Å². The quantitative estimate of drug-likeness (QED) is 0.590. The van der Waals surface area contributed by atoms with Crippen LogP contribution in [0.5, 0.6) is 0 Å². The predicted octanol–water partition coefficient (Wildman–Crippen LogP) is 2.91. The molecule has 3 rings (SSSR count). The molecule has 0 unspecified atom stereocenters. The van der Waals surface area contributed by atoms with Gasteiger partial charge in [-0.3, -0.25) is 4.90 Å². The number of benzene rings is 1. The van der Waals surface area contributed by atoms with E-state index in [-0.39, 0.29) is 0 Å². The van der Waals surface area contributed by atoms with Gasteiger partial charge < -0.3 is 19.7 Å². The minimum atomic E-state index is -0.492. The molecule has 0 spiro atoms. The Hall–Kier alpha value is -2.19. The van der Waals surface area contributed by atoms with Crippen molar-refractivity contribution in [2.75, 3.05) is 45.7 Å². The zero-order valence-electron chi connectivity index (χ0n) is 17.1. The van der Waals surface area contributed by atoms with Crippen molar-refractivity contribution in [1.82, 2.24) is 9.80 Å². The maximum atomic E-state index is 12.1. The number of carbonyl (C=O) groups is 2. The minimum Gasteiger partial charge on any atom is -0.465 e. The number of hydrogen-bond donors (Lipinski definition) is 1. The molecule has 8 heteroatoms. The van der Waals surface area contributed by atoms with Crippen LogP contribution in [0, 0.1) is 0 Å². The van der Waals surface area contributed by atoms with Crippen LogP contribution in [-0.4, -0.2) is 73.3 Å². The number of nitrogens with one attached hydrogen (secondary N) is 1. The van der Waals surface area contributed by atoms with Crippen LogP contribution in [-0.2, 0) is 9.47 Å². The molecule has 0 aromatic heterocycles. The number of methoxy groups -OCH3 is 2. The van der Waals surface area contributed by atoms with Crippen molar-refractivity contribution in [1.29, 1.82) is 0 Å². The van der Waals surface area contributed by atoms with Crippen molar-refractivity contribution in [3.63, 3.8) is 0 Å². The molecule has 1 aromatic carbocycles. The summed E-state index contributed by atoms with van der Waals surface area (Å²) in [6.45, 7) is 3.65. The predicted molar refractivity (Wildman–Crippen MR) is 115 cm³/mol. The van der Waals surface area contributed by atoms with Gasteiger partial charge in [0, 0.05) is 32.2 Å². The molecule has 0 radical (unpaired) electrons. The van der Waals surface area contributed by atoms with Gasteiger partial charge in [-0.25, -0.2) is 9.59 Å². The lowest BCUT2D eigenvalue weighted by atomic mass is 9.94. The second-order valence-electron chi connectivity index (χ2n) is 7.49. The van der Waals surface area contributed by atoms with Crippen LogP contribution in [0.25, 0.3) is 0 Å². The van der Waals surface area contributed by atoms with Gasteiger partial charge in [-0.1, -0.05) is 19.3 Å². The fraction of sp³-hybridized carbons (Fsp3) is 0.571. The number of nitrogens with zero attached hydrogens (tertiary/aromatic N) is 2. The monoisotopic (exact) mass is 419 g/mol. The van der Waals surface area contributed by atoms with E-state index in [1.165, 1.54) is 52.4 Å². The van der Waals surface area contributed by atoms with Crippen LogP contribution in [0.1, 0.15) is 52.8 Å². The van der Waals surface area contributed by atoms with Crippen molar-refractivity contribution in [2.24, 2.45) is 0 Å². The van der Waals surface area contributed by atoms with Gasteiger partial charge in [0.15, 0.2) is 5.11 Å². The maximum absolute atomic E-state index is 12.1. The molecule has 1 aromatic rings. The van der Waals surface area contributed by atoms with Gasteiger partial charge in [0.05, 0.1) is 31.0 Å². The lowest BCUT2D eigenvalue weighted by Gasteiger charge is -2.41. The first-order valence-electron chi connectivity index (χ1n) is 10.1. The minimum absolute atomic E-state index is 0.323. The highest BCUT2D eigenvalue weighted by molar-refractivity contribution is 7.80. The van der Waals surface area contributed by atoms with Gasteiger partial charge in [0.1, 0.15) is 0 Å². The number of rotatable bonds is 4. The molecule has 0 bridgehead atoms. The summed E-state index contributed by atoms with van der Waals surface area (Å²) < 4.78 is 9.63. The van der Waals surface area contributed by atoms with Gasteiger partial charge in [-0.15, -0.1) is 0 Å². The van der Waals surface area contributed by atoms with E-state index in [4.69, 9.17) is 21.7 Å². The van der Waals surface area contributed by atoms with Gasteiger partial charge in [0.25, 0.3) is 0 Å². The van der Waals surface area contributed by atoms with Crippen LogP contribution in [0.4, 0.5) is 5.69 Å². The third-order valence-electron chi connectivity index (χ3n) is 5.78. The molecule has 1 aliphatic heterocycles. The molecule has 1 saturated carbocycles. The molecular formula is C21H29N3O4S. The van der Waals surface area contributed by atoms with Gasteiger partial charge in [-0.2, -0.15) is 0 Å². The van der Waals surface area contributed by atoms with Crippen LogP contribution < -0.4 is 5.32 Å². The van der Waals surface area contributed by atoms with E-state index in [9.17, 15) is 9.59 Å². The highest BCUT2D eigenvalue weighted by atomic mass is 32.1. The van der Waals surface area contributed by atoms with Gasteiger partial charge >= 0.3 is 11.9 Å². The second kappa shape index (κ2) is 10.0. The summed E-state index contributed by atoms with van der Waals surface area (Å²) in [4.78, 5) is 28.7. The normalized spacial score (nSPS) is 18.2. The molecule has 7 nitrogen and oxygen atoms in total. The summed E-state index contributed by atoms with van der Waals surface area (Å²) in [6.07, 6.45) is 6.62. The molecule has 0 amide bonds. The standard InChI is InChI=1S/C21H29N3O4S/c1-27-19(25)15-8-9-17(20(26)28-2)18(14-15)22-21(29)24-12-10-23(11-13-24)16-6-4-3-5-7-16/h8-9,14,16H,3-7,10-13H2,1-2H3,(H,22,29). The first-order chi connectivity index (χ1) is 14.0. The summed E-state index contributed by atoms with van der Waals surface area (Å²) in [5.41, 5.74) is 1.11.